The van der Waals surface area contributed by atoms with Crippen LogP contribution in [0.4, 0.5) is 34.1 Å². The Kier molecular flexibility index (Phi) is 19.1. The second kappa shape index (κ2) is 29.6. The Morgan fingerprint density at radius 3 is 0.906 bits per heavy atom. The second-order valence-electron chi connectivity index (χ2n) is 23.0. The van der Waals surface area contributed by atoms with Crippen LogP contribution in [0.2, 0.25) is 0 Å². The van der Waals surface area contributed by atoms with Gasteiger partial charge in [0.2, 0.25) is 0 Å². The summed E-state index contributed by atoms with van der Waals surface area (Å²) in [4.78, 5) is 8.46. The summed E-state index contributed by atoms with van der Waals surface area (Å²) in [6.07, 6.45) is 3.58. The molecular formula is C90H66N4O2. The Hall–Kier alpha value is -12.8. The number of rotatable bonds is 20. The van der Waals surface area contributed by atoms with Crippen LogP contribution in [0.3, 0.4) is 0 Å². The maximum Gasteiger partial charge on any atom is 0.195 e. The number of hydrogen-bond acceptors (Lipinski definition) is 5. The lowest BCUT2D eigenvalue weighted by molar-refractivity contribution is 0.281. The van der Waals surface area contributed by atoms with Crippen LogP contribution >= 0.6 is 0 Å². The van der Waals surface area contributed by atoms with Crippen LogP contribution in [-0.4, -0.2) is 12.2 Å². The van der Waals surface area contributed by atoms with E-state index < -0.39 is 0 Å². The van der Waals surface area contributed by atoms with Gasteiger partial charge in [-0.2, -0.15) is 5.26 Å². The van der Waals surface area contributed by atoms with E-state index in [0.29, 0.717) is 44.8 Å². The van der Waals surface area contributed by atoms with Crippen molar-refractivity contribution in [1.29, 1.82) is 5.26 Å². The number of nitrogens with zero attached hydrogens (tertiary/aromatic N) is 4. The fourth-order valence-corrected chi connectivity index (χ4v) is 12.5. The highest BCUT2D eigenvalue weighted by Gasteiger charge is 2.22. The Labute approximate surface area is 562 Å². The third-order valence-corrected chi connectivity index (χ3v) is 17.1. The van der Waals surface area contributed by atoms with Crippen molar-refractivity contribution in [3.8, 4) is 11.8 Å². The molecule has 0 saturated heterocycles. The van der Waals surface area contributed by atoms with Crippen LogP contribution < -0.4 is 14.5 Å². The molecule has 0 radical (unpaired) electrons. The van der Waals surface area contributed by atoms with Gasteiger partial charge in [0, 0.05) is 39.7 Å². The van der Waals surface area contributed by atoms with Crippen LogP contribution in [0.15, 0.2) is 352 Å². The van der Waals surface area contributed by atoms with Crippen LogP contribution in [0.5, 0.6) is 5.75 Å². The predicted molar refractivity (Wildman–Crippen MR) is 398 cm³/mol. The molecule has 0 heterocycles. The monoisotopic (exact) mass is 1230 g/mol. The van der Waals surface area contributed by atoms with E-state index in [4.69, 9.17) is 11.3 Å². The molecule has 458 valence electrons. The topological polar surface area (TPSA) is 64.1 Å². The maximum atomic E-state index is 11.0. The average Bonchev–Trinajstić information content (AvgIpc) is 0.803. The number of hydrogen-bond donors (Lipinski definition) is 1. The standard InChI is InChI=1S/C90H66N4O2/c1-92-85(66-45-53-82(54-46-66)94(80-41-25-10-26-42-80)84-57-49-74(50-58-84)90(72-37-21-8-22-38-72)88(69-31-15-5-16-32-69)70-33-17-6-18-34-70)61-76-60-78(64-95)75(62-86(76)96-2)59-77(63-91)65-43-51-81(52-44-65)93(79-39-23-9-24-40-79)83-55-47-73(48-56-83)89(71-35-19-7-20-36-71)87(67-27-11-3-12-28-67)68-29-13-4-14-30-68/h3-62,95H,64H2,2H3/b77-59+,85-61-. The van der Waals surface area contributed by atoms with Crippen LogP contribution in [0.1, 0.15) is 72.3 Å². The van der Waals surface area contributed by atoms with E-state index in [-0.39, 0.29) is 6.61 Å². The maximum absolute atomic E-state index is 11.0. The first-order valence-electron chi connectivity index (χ1n) is 31.9. The Bertz CT molecular complexity index is 4580. The molecule has 0 aliphatic rings. The number of allylic oxidation sites excluding steroid dienone is 1. The summed E-state index contributed by atoms with van der Waals surface area (Å²) >= 11 is 0. The number of aliphatic hydroxyl groups excluding tert-OH is 1. The molecule has 0 fully saturated rings. The number of para-hydroxylation sites is 2. The van der Waals surface area contributed by atoms with Crippen molar-refractivity contribution >= 4 is 79.8 Å². The van der Waals surface area contributed by atoms with Gasteiger partial charge < -0.3 is 19.6 Å². The van der Waals surface area contributed by atoms with Gasteiger partial charge in [-0.3, -0.25) is 0 Å². The summed E-state index contributed by atoms with van der Waals surface area (Å²) in [6.45, 7) is 8.14. The van der Waals surface area contributed by atoms with E-state index in [2.05, 4.69) is 276 Å². The normalized spacial score (nSPS) is 11.2. The second-order valence-corrected chi connectivity index (χ2v) is 23.0. The smallest absolute Gasteiger partial charge is 0.195 e. The summed E-state index contributed by atoms with van der Waals surface area (Å²) in [5.41, 5.74) is 23.2. The van der Waals surface area contributed by atoms with Crippen molar-refractivity contribution < 1.29 is 9.84 Å². The van der Waals surface area contributed by atoms with Gasteiger partial charge in [0.15, 0.2) is 5.70 Å². The lowest BCUT2D eigenvalue weighted by Gasteiger charge is -2.26. The van der Waals surface area contributed by atoms with Crippen LogP contribution in [-0.2, 0) is 6.61 Å². The molecule has 0 saturated carbocycles. The van der Waals surface area contributed by atoms with Gasteiger partial charge in [0.05, 0.1) is 31.9 Å². The van der Waals surface area contributed by atoms with E-state index in [0.717, 1.165) is 101 Å². The molecule has 0 bridgehead atoms. The number of ether oxygens (including phenoxy) is 1. The molecule has 0 aliphatic carbocycles. The highest BCUT2D eigenvalue weighted by Crippen LogP contribution is 2.43. The molecule has 0 unspecified atom stereocenters. The van der Waals surface area contributed by atoms with Crippen LogP contribution in [0, 0.1) is 17.9 Å². The SMILES string of the molecule is [C-]#[N+]/C(=C\c1cc(CO)c(/C=C(\C#N)c2ccc(N(c3ccccc3)c3ccc(C(=C(c4ccccc4)c4ccccc4)c4ccccc4)cc3)cc2)cc1OC)c1ccc(N(c2ccccc2)c2ccc(C(=C(c3ccccc3)c3ccccc3)c3ccccc3)cc2)cc1. The minimum atomic E-state index is -0.314. The van der Waals surface area contributed by atoms with Gasteiger partial charge in [-0.1, -0.05) is 267 Å². The van der Waals surface area contributed by atoms with Crippen molar-refractivity contribution in [2.45, 2.75) is 6.61 Å². The average molecular weight is 1240 g/mol. The molecule has 6 nitrogen and oxygen atoms in total. The fraction of sp³-hybridized carbons (Fsp3) is 0.0222. The first kappa shape index (κ1) is 62.0. The first-order valence-corrected chi connectivity index (χ1v) is 31.9. The number of benzene rings is 13. The quantitative estimate of drug-likeness (QED) is 0.0468. The number of methoxy groups -OCH3 is 1. The summed E-state index contributed by atoms with van der Waals surface area (Å²) in [5, 5.41) is 21.8. The van der Waals surface area contributed by atoms with E-state index >= 15 is 0 Å². The van der Waals surface area contributed by atoms with Crippen LogP contribution in [0.25, 0.3) is 50.6 Å². The lowest BCUT2D eigenvalue weighted by Crippen LogP contribution is -2.10. The summed E-state index contributed by atoms with van der Waals surface area (Å²) in [5.74, 6) is 0.486. The predicted octanol–water partition coefficient (Wildman–Crippen LogP) is 22.6. The zero-order valence-electron chi connectivity index (χ0n) is 53.0. The molecular weight excluding hydrogens is 1170 g/mol. The molecule has 0 amide bonds. The summed E-state index contributed by atoms with van der Waals surface area (Å²) in [7, 11) is 1.58. The van der Waals surface area contributed by atoms with Gasteiger partial charge >= 0.3 is 0 Å². The molecule has 0 aliphatic heterocycles. The fourth-order valence-electron chi connectivity index (χ4n) is 12.5. The molecule has 0 spiro atoms. The third-order valence-electron chi connectivity index (χ3n) is 17.1. The Morgan fingerprint density at radius 1 is 0.354 bits per heavy atom. The van der Waals surface area contributed by atoms with E-state index in [1.165, 1.54) is 0 Å². The number of anilines is 6. The van der Waals surface area contributed by atoms with Crippen molar-refractivity contribution in [2.75, 3.05) is 16.9 Å². The lowest BCUT2D eigenvalue weighted by atomic mass is 9.86. The molecule has 1 N–H and O–H groups in total. The van der Waals surface area contributed by atoms with E-state index in [9.17, 15) is 10.4 Å². The summed E-state index contributed by atoms with van der Waals surface area (Å²) in [6, 6.07) is 124. The van der Waals surface area contributed by atoms with Gasteiger partial charge in [-0.05, 0) is 186 Å². The molecule has 13 aromatic carbocycles. The Balaban J connectivity index is 0.787. The van der Waals surface area contributed by atoms with E-state index in [1.54, 1.807) is 19.3 Å². The summed E-state index contributed by atoms with van der Waals surface area (Å²) < 4.78 is 6.00. The van der Waals surface area contributed by atoms with E-state index in [1.807, 2.05) is 97.1 Å². The van der Waals surface area contributed by atoms with Gasteiger partial charge in [0.25, 0.3) is 0 Å². The van der Waals surface area contributed by atoms with Crippen molar-refractivity contribution in [2.24, 2.45) is 0 Å². The van der Waals surface area contributed by atoms with Crippen molar-refractivity contribution in [3.05, 3.63) is 436 Å². The Morgan fingerprint density at radius 2 is 0.625 bits per heavy atom. The minimum Gasteiger partial charge on any atom is -0.496 e. The largest absolute Gasteiger partial charge is 0.496 e. The van der Waals surface area contributed by atoms with Crippen molar-refractivity contribution in [3.63, 3.8) is 0 Å². The molecule has 0 atom stereocenters. The first-order chi connectivity index (χ1) is 47.5. The highest BCUT2D eigenvalue weighted by molar-refractivity contribution is 6.06. The number of aliphatic hydroxyl groups is 1. The molecule has 96 heavy (non-hydrogen) atoms. The van der Waals surface area contributed by atoms with Gasteiger partial charge in [0.1, 0.15) is 5.75 Å². The number of nitriles is 1. The zero-order valence-corrected chi connectivity index (χ0v) is 53.0. The molecule has 0 aromatic heterocycles. The molecule has 13 aromatic rings. The van der Waals surface area contributed by atoms with Gasteiger partial charge in [-0.15, -0.1) is 0 Å². The van der Waals surface area contributed by atoms with Crippen molar-refractivity contribution in [1.82, 2.24) is 0 Å². The minimum absolute atomic E-state index is 0.314. The highest BCUT2D eigenvalue weighted by atomic mass is 16.5. The van der Waals surface area contributed by atoms with Gasteiger partial charge in [-0.25, -0.2) is 4.85 Å². The molecule has 6 heteroatoms. The zero-order chi connectivity index (χ0) is 65.4. The molecule has 13 rings (SSSR count). The third kappa shape index (κ3) is 13.7.